The van der Waals surface area contributed by atoms with Crippen LogP contribution >= 0.6 is 0 Å². The van der Waals surface area contributed by atoms with Crippen molar-refractivity contribution in [2.24, 2.45) is 5.92 Å². The maximum absolute atomic E-state index is 13.6. The number of hydrogen-bond acceptors (Lipinski definition) is 6. The van der Waals surface area contributed by atoms with E-state index in [1.807, 2.05) is 19.9 Å². The molecule has 35 heavy (non-hydrogen) atoms. The second-order valence-corrected chi connectivity index (χ2v) is 16.8. The molecule has 2 aliphatic rings. The van der Waals surface area contributed by atoms with Crippen molar-refractivity contribution in [3.05, 3.63) is 12.2 Å². The van der Waals surface area contributed by atoms with E-state index in [9.17, 15) is 9.59 Å². The Labute approximate surface area is 213 Å². The minimum atomic E-state index is -2.35. The van der Waals surface area contributed by atoms with Crippen molar-refractivity contribution in [1.82, 2.24) is 10.6 Å². The Morgan fingerprint density at radius 1 is 1.23 bits per heavy atom. The van der Waals surface area contributed by atoms with Crippen LogP contribution in [-0.2, 0) is 28.2 Å². The van der Waals surface area contributed by atoms with E-state index in [-0.39, 0.29) is 16.9 Å². The predicted molar refractivity (Wildman–Crippen MR) is 139 cm³/mol. The van der Waals surface area contributed by atoms with Gasteiger partial charge in [0.25, 0.3) is 5.91 Å². The van der Waals surface area contributed by atoms with Crippen LogP contribution in [0.4, 0.5) is 0 Å². The largest absolute Gasteiger partial charge is 0.408 e. The lowest BCUT2D eigenvalue weighted by Crippen LogP contribution is -2.59. The highest BCUT2D eigenvalue weighted by Crippen LogP contribution is 2.41. The van der Waals surface area contributed by atoms with Gasteiger partial charge in [-0.05, 0) is 57.2 Å². The number of methoxy groups -OCH3 is 1. The summed E-state index contributed by atoms with van der Waals surface area (Å²) >= 11 is 0. The molecular weight excluding hydrogens is 464 g/mol. The summed E-state index contributed by atoms with van der Waals surface area (Å²) in [6.45, 7) is 19.3. The molecule has 2 N–H and O–H groups in total. The van der Waals surface area contributed by atoms with E-state index in [2.05, 4.69) is 64.4 Å². The van der Waals surface area contributed by atoms with Crippen molar-refractivity contribution >= 4 is 20.1 Å². The normalized spacial score (nSPS) is 27.5. The number of nitrogens with one attached hydrogen (secondary N) is 2. The van der Waals surface area contributed by atoms with Gasteiger partial charge in [0.15, 0.2) is 20.2 Å². The molecule has 0 spiro atoms. The van der Waals surface area contributed by atoms with Crippen molar-refractivity contribution in [3.63, 3.8) is 0 Å². The number of amides is 2. The average molecular weight is 513 g/mol. The van der Waals surface area contributed by atoms with E-state index in [0.29, 0.717) is 18.9 Å². The molecule has 2 aliphatic heterocycles. The van der Waals surface area contributed by atoms with E-state index < -0.39 is 44.6 Å². The minimum absolute atomic E-state index is 0.0978. The highest BCUT2D eigenvalue weighted by molar-refractivity contribution is 6.74. The zero-order valence-electron chi connectivity index (χ0n) is 23.4. The maximum atomic E-state index is 13.6. The van der Waals surface area contributed by atoms with Crippen LogP contribution in [0.5, 0.6) is 0 Å². The van der Waals surface area contributed by atoms with E-state index in [1.54, 1.807) is 0 Å². The van der Waals surface area contributed by atoms with Crippen LogP contribution < -0.4 is 10.6 Å². The molecule has 0 aromatic heterocycles. The molecule has 9 heteroatoms. The number of allylic oxidation sites excluding steroid dienone is 1. The first-order chi connectivity index (χ1) is 16.1. The summed E-state index contributed by atoms with van der Waals surface area (Å²) in [5, 5.41) is 5.69. The SMILES string of the molecule is CO[C@@H](C(=O)N[C@H]1CCCCNC1=O)[C@H](O[Si](C)(C)C(C)(C)C)[C@H]1OC(C)(C)O[C@@H]1/C=C/C(C)C. The van der Waals surface area contributed by atoms with Gasteiger partial charge in [0, 0.05) is 13.7 Å². The molecular formula is C26H48N2O6Si. The number of carbonyl (C=O) groups excluding carboxylic acids is 2. The molecule has 0 unspecified atom stereocenters. The summed E-state index contributed by atoms with van der Waals surface area (Å²) in [5.41, 5.74) is 0. The van der Waals surface area contributed by atoms with Gasteiger partial charge in [-0.15, -0.1) is 0 Å². The summed E-state index contributed by atoms with van der Waals surface area (Å²) < 4.78 is 25.2. The van der Waals surface area contributed by atoms with Crippen molar-refractivity contribution < 1.29 is 28.2 Å². The molecule has 0 aliphatic carbocycles. The smallest absolute Gasteiger partial charge is 0.252 e. The second-order valence-electron chi connectivity index (χ2n) is 12.0. The lowest BCUT2D eigenvalue weighted by molar-refractivity contribution is -0.167. The van der Waals surface area contributed by atoms with Crippen molar-refractivity contribution in [3.8, 4) is 0 Å². The van der Waals surface area contributed by atoms with Gasteiger partial charge in [0.2, 0.25) is 5.91 Å². The highest BCUT2D eigenvalue weighted by atomic mass is 28.4. The first kappa shape index (κ1) is 30.0. The summed E-state index contributed by atoms with van der Waals surface area (Å²) in [4.78, 5) is 26.1. The highest BCUT2D eigenvalue weighted by Gasteiger charge is 2.52. The van der Waals surface area contributed by atoms with Gasteiger partial charge < -0.3 is 29.3 Å². The van der Waals surface area contributed by atoms with Crippen LogP contribution in [0.25, 0.3) is 0 Å². The molecule has 5 atom stereocenters. The quantitative estimate of drug-likeness (QED) is 0.359. The summed E-state index contributed by atoms with van der Waals surface area (Å²) in [6, 6.07) is -0.593. The van der Waals surface area contributed by atoms with Crippen LogP contribution in [0.2, 0.25) is 18.1 Å². The molecule has 0 radical (unpaired) electrons. The Bertz CT molecular complexity index is 761. The molecule has 202 valence electrons. The Morgan fingerprint density at radius 2 is 1.89 bits per heavy atom. The molecule has 2 rings (SSSR count). The van der Waals surface area contributed by atoms with E-state index in [1.165, 1.54) is 7.11 Å². The van der Waals surface area contributed by atoms with Gasteiger partial charge in [0.1, 0.15) is 24.4 Å². The van der Waals surface area contributed by atoms with Gasteiger partial charge >= 0.3 is 0 Å². The van der Waals surface area contributed by atoms with Crippen molar-refractivity contribution in [2.75, 3.05) is 13.7 Å². The number of hydrogen-bond donors (Lipinski definition) is 2. The molecule has 2 amide bonds. The zero-order valence-corrected chi connectivity index (χ0v) is 24.4. The monoisotopic (exact) mass is 512 g/mol. The van der Waals surface area contributed by atoms with Crippen molar-refractivity contribution in [2.45, 2.75) is 122 Å². The molecule has 0 bridgehead atoms. The van der Waals surface area contributed by atoms with Gasteiger partial charge in [-0.25, -0.2) is 0 Å². The Hall–Kier alpha value is -1.26. The standard InChI is InChI=1S/C26H48N2O6Si/c1-17(2)14-15-19-20(33-26(6,7)32-19)21(34-35(9,10)25(3,4)5)22(31-8)24(30)28-18-13-11-12-16-27-23(18)29/h14-15,17-22H,11-13,16H2,1-10H3,(H,27,29)(H,28,30)/b15-14+/t18-,19+,20-,21+,22+/m0/s1. The third kappa shape index (κ3) is 8.11. The number of rotatable bonds is 9. The fourth-order valence-corrected chi connectivity index (χ4v) is 5.38. The summed E-state index contributed by atoms with van der Waals surface area (Å²) in [7, 11) is -0.855. The fourth-order valence-electron chi connectivity index (χ4n) is 4.09. The van der Waals surface area contributed by atoms with Crippen LogP contribution in [0.15, 0.2) is 12.2 Å². The average Bonchev–Trinajstić information content (AvgIpc) is 2.89. The van der Waals surface area contributed by atoms with E-state index in [0.717, 1.165) is 12.8 Å². The van der Waals surface area contributed by atoms with Crippen LogP contribution in [-0.4, -0.2) is 70.0 Å². The van der Waals surface area contributed by atoms with Gasteiger partial charge in [-0.1, -0.05) is 46.8 Å². The fraction of sp³-hybridized carbons (Fsp3) is 0.846. The number of ether oxygens (including phenoxy) is 3. The van der Waals surface area contributed by atoms with Gasteiger partial charge in [0.05, 0.1) is 0 Å². The third-order valence-corrected chi connectivity index (χ3v) is 11.5. The van der Waals surface area contributed by atoms with E-state index in [4.69, 9.17) is 18.6 Å². The van der Waals surface area contributed by atoms with Crippen LogP contribution in [0.3, 0.4) is 0 Å². The molecule has 2 fully saturated rings. The lowest BCUT2D eigenvalue weighted by atomic mass is 10.00. The first-order valence-corrected chi connectivity index (χ1v) is 15.8. The summed E-state index contributed by atoms with van der Waals surface area (Å²) in [6.07, 6.45) is 3.75. The third-order valence-electron chi connectivity index (χ3n) is 7.07. The first-order valence-electron chi connectivity index (χ1n) is 12.9. The molecule has 0 aromatic rings. The lowest BCUT2D eigenvalue weighted by Gasteiger charge is -2.42. The molecule has 2 heterocycles. The second kappa shape index (κ2) is 11.9. The predicted octanol–water partition coefficient (Wildman–Crippen LogP) is 3.91. The maximum Gasteiger partial charge on any atom is 0.252 e. The Morgan fingerprint density at radius 3 is 2.46 bits per heavy atom. The van der Waals surface area contributed by atoms with Gasteiger partial charge in [-0.3, -0.25) is 9.59 Å². The van der Waals surface area contributed by atoms with Crippen LogP contribution in [0, 0.1) is 5.92 Å². The molecule has 8 nitrogen and oxygen atoms in total. The Kier molecular flexibility index (Phi) is 10.2. The topological polar surface area (TPSA) is 95.1 Å². The molecule has 0 aromatic carbocycles. The Balaban J connectivity index is 2.42. The zero-order chi connectivity index (χ0) is 26.6. The molecule has 0 saturated carbocycles. The number of carbonyl (C=O) groups is 2. The van der Waals surface area contributed by atoms with Crippen LogP contribution in [0.1, 0.15) is 67.7 Å². The van der Waals surface area contributed by atoms with E-state index >= 15 is 0 Å². The molecule has 2 saturated heterocycles. The van der Waals surface area contributed by atoms with Gasteiger partial charge in [-0.2, -0.15) is 0 Å². The summed E-state index contributed by atoms with van der Waals surface area (Å²) in [5.74, 6) is -1.05. The van der Waals surface area contributed by atoms with Crippen molar-refractivity contribution in [1.29, 1.82) is 0 Å². The minimum Gasteiger partial charge on any atom is -0.408 e.